The number of rotatable bonds is 3. The van der Waals surface area contributed by atoms with E-state index in [1.165, 1.54) is 23.3 Å². The van der Waals surface area contributed by atoms with Crippen molar-refractivity contribution in [3.8, 4) is 11.5 Å². The number of benzene rings is 2. The Morgan fingerprint density at radius 2 is 1.93 bits per heavy atom. The molecular formula is C23H23FN2O3. The fourth-order valence-electron chi connectivity index (χ4n) is 4.98. The molecule has 1 saturated heterocycles. The van der Waals surface area contributed by atoms with Crippen LogP contribution >= 0.6 is 0 Å². The van der Waals surface area contributed by atoms with E-state index in [4.69, 9.17) is 14.0 Å². The molecule has 2 aromatic carbocycles. The van der Waals surface area contributed by atoms with Gasteiger partial charge >= 0.3 is 0 Å². The van der Waals surface area contributed by atoms with E-state index < -0.39 is 0 Å². The number of aromatic nitrogens is 1. The van der Waals surface area contributed by atoms with Gasteiger partial charge in [0.25, 0.3) is 0 Å². The van der Waals surface area contributed by atoms with Gasteiger partial charge in [0.05, 0.1) is 12.3 Å². The van der Waals surface area contributed by atoms with Gasteiger partial charge in [0.15, 0.2) is 5.58 Å². The molecular weight excluding hydrogens is 371 g/mol. The Kier molecular flexibility index (Phi) is 4.01. The van der Waals surface area contributed by atoms with Crippen molar-refractivity contribution >= 4 is 11.0 Å². The molecule has 150 valence electrons. The predicted octanol–water partition coefficient (Wildman–Crippen LogP) is 4.08. The number of nitrogens with zero attached hydrogens (tertiary/aromatic N) is 2. The lowest BCUT2D eigenvalue weighted by Gasteiger charge is -2.32. The molecule has 1 aromatic heterocycles. The maximum absolute atomic E-state index is 13.4. The summed E-state index contributed by atoms with van der Waals surface area (Å²) < 4.78 is 30.7. The number of hydrogen-bond donors (Lipinski definition) is 0. The molecule has 3 aliphatic heterocycles. The first-order chi connectivity index (χ1) is 14.2. The average molecular weight is 394 g/mol. The Morgan fingerprint density at radius 1 is 1.07 bits per heavy atom. The van der Waals surface area contributed by atoms with Gasteiger partial charge in [-0.25, -0.2) is 4.39 Å². The minimum atomic E-state index is -0.288. The topological polar surface area (TPSA) is 47.7 Å². The Hall–Kier alpha value is -2.60. The fraction of sp³-hybridized carbons (Fsp3) is 0.435. The third-order valence-corrected chi connectivity index (χ3v) is 6.51. The number of ether oxygens (including phenoxy) is 2. The van der Waals surface area contributed by atoms with E-state index in [-0.39, 0.29) is 11.9 Å². The summed E-state index contributed by atoms with van der Waals surface area (Å²) in [6.07, 6.45) is 4.19. The van der Waals surface area contributed by atoms with Crippen molar-refractivity contribution in [1.82, 2.24) is 10.1 Å². The third-order valence-electron chi connectivity index (χ3n) is 6.51. The molecule has 3 aromatic rings. The molecule has 6 heteroatoms. The van der Waals surface area contributed by atoms with Crippen molar-refractivity contribution in [3.05, 3.63) is 53.0 Å². The number of fused-ring (bicyclic) bond motifs is 3. The van der Waals surface area contributed by atoms with Crippen LogP contribution in [0.3, 0.4) is 0 Å². The molecule has 0 aliphatic carbocycles. The van der Waals surface area contributed by atoms with E-state index in [2.05, 4.69) is 22.2 Å². The Bertz CT molecular complexity index is 1040. The van der Waals surface area contributed by atoms with Gasteiger partial charge in [-0.1, -0.05) is 5.16 Å². The summed E-state index contributed by atoms with van der Waals surface area (Å²) in [5, 5.41) is 5.19. The van der Waals surface area contributed by atoms with E-state index in [1.54, 1.807) is 6.07 Å². The monoisotopic (exact) mass is 394 g/mol. The fourth-order valence-corrected chi connectivity index (χ4v) is 4.98. The maximum atomic E-state index is 13.4. The zero-order chi connectivity index (χ0) is 19.4. The maximum Gasteiger partial charge on any atom is 0.170 e. The van der Waals surface area contributed by atoms with Crippen LogP contribution in [0.1, 0.15) is 35.6 Å². The van der Waals surface area contributed by atoms with Gasteiger partial charge in [0, 0.05) is 47.9 Å². The highest BCUT2D eigenvalue weighted by molar-refractivity contribution is 5.79. The summed E-state index contributed by atoms with van der Waals surface area (Å²) >= 11 is 0. The highest BCUT2D eigenvalue weighted by atomic mass is 19.1. The highest BCUT2D eigenvalue weighted by Gasteiger charge is 2.30. The second-order valence-corrected chi connectivity index (χ2v) is 8.39. The molecule has 1 unspecified atom stereocenters. The minimum absolute atomic E-state index is 0.208. The van der Waals surface area contributed by atoms with E-state index in [1.807, 2.05) is 0 Å². The summed E-state index contributed by atoms with van der Waals surface area (Å²) in [4.78, 5) is 2.49. The Labute approximate surface area is 168 Å². The molecule has 0 amide bonds. The summed E-state index contributed by atoms with van der Waals surface area (Å²) in [5.41, 5.74) is 4.05. The minimum Gasteiger partial charge on any atom is -0.493 e. The average Bonchev–Trinajstić information content (AvgIpc) is 3.43. The Balaban J connectivity index is 1.09. The number of hydrogen-bond acceptors (Lipinski definition) is 5. The normalized spacial score (nSPS) is 21.8. The molecule has 3 aliphatic rings. The second-order valence-electron chi connectivity index (χ2n) is 8.39. The molecule has 6 rings (SSSR count). The van der Waals surface area contributed by atoms with Crippen molar-refractivity contribution in [2.24, 2.45) is 0 Å². The van der Waals surface area contributed by atoms with Crippen molar-refractivity contribution < 1.29 is 18.4 Å². The lowest BCUT2D eigenvalue weighted by molar-refractivity contribution is 0.127. The van der Waals surface area contributed by atoms with Gasteiger partial charge in [-0.3, -0.25) is 4.90 Å². The molecule has 1 fully saturated rings. The summed E-state index contributed by atoms with van der Waals surface area (Å²) in [6.45, 7) is 3.75. The van der Waals surface area contributed by atoms with E-state index in [0.717, 1.165) is 74.5 Å². The zero-order valence-electron chi connectivity index (χ0n) is 16.2. The van der Waals surface area contributed by atoms with E-state index in [0.29, 0.717) is 11.5 Å². The van der Waals surface area contributed by atoms with Crippen LogP contribution in [0.5, 0.6) is 11.5 Å². The molecule has 5 nitrogen and oxygen atoms in total. The first kappa shape index (κ1) is 17.3. The number of piperidine rings is 1. The third kappa shape index (κ3) is 3.06. The molecule has 1 atom stereocenters. The molecule has 0 bridgehead atoms. The van der Waals surface area contributed by atoms with Gasteiger partial charge in [0.1, 0.15) is 23.4 Å². The van der Waals surface area contributed by atoms with Gasteiger partial charge in [-0.15, -0.1) is 0 Å². The van der Waals surface area contributed by atoms with Crippen molar-refractivity contribution in [2.75, 3.05) is 26.2 Å². The predicted molar refractivity (Wildman–Crippen MR) is 106 cm³/mol. The van der Waals surface area contributed by atoms with Crippen LogP contribution in [0.15, 0.2) is 34.9 Å². The number of halogens is 1. The van der Waals surface area contributed by atoms with Crippen LogP contribution in [0, 0.1) is 5.82 Å². The van der Waals surface area contributed by atoms with Crippen LogP contribution in [0.25, 0.3) is 11.0 Å². The van der Waals surface area contributed by atoms with Gasteiger partial charge in [-0.2, -0.15) is 0 Å². The first-order valence-electron chi connectivity index (χ1n) is 10.5. The SMILES string of the molecule is Fc1ccc2c(C3CCN(CC4Cc5cc6c(cc5O4)CCO6)CC3)noc2c1. The van der Waals surface area contributed by atoms with Gasteiger partial charge in [0.2, 0.25) is 0 Å². The lowest BCUT2D eigenvalue weighted by atomic mass is 9.91. The van der Waals surface area contributed by atoms with Gasteiger partial charge < -0.3 is 14.0 Å². The van der Waals surface area contributed by atoms with Crippen molar-refractivity contribution in [1.29, 1.82) is 0 Å². The lowest BCUT2D eigenvalue weighted by Crippen LogP contribution is -2.39. The molecule has 0 saturated carbocycles. The zero-order valence-corrected chi connectivity index (χ0v) is 16.2. The van der Waals surface area contributed by atoms with E-state index >= 15 is 0 Å². The summed E-state index contributed by atoms with van der Waals surface area (Å²) in [5.74, 6) is 2.15. The standard InChI is InChI=1S/C23H23FN2O3/c24-17-1-2-19-22(12-17)29-25-23(19)14-3-6-26(7-4-14)13-18-9-16-11-20-15(5-8-27-20)10-21(16)28-18/h1-2,10-12,14,18H,3-9,13H2. The summed E-state index contributed by atoms with van der Waals surface area (Å²) in [6, 6.07) is 9.02. The van der Waals surface area contributed by atoms with E-state index in [9.17, 15) is 4.39 Å². The van der Waals surface area contributed by atoms with Gasteiger partial charge in [-0.05, 0) is 50.2 Å². The van der Waals surface area contributed by atoms with Crippen LogP contribution < -0.4 is 9.47 Å². The largest absolute Gasteiger partial charge is 0.493 e. The van der Waals surface area contributed by atoms with Crippen molar-refractivity contribution in [3.63, 3.8) is 0 Å². The van der Waals surface area contributed by atoms with Crippen LogP contribution in [0.4, 0.5) is 4.39 Å². The molecule has 0 N–H and O–H groups in total. The molecule has 0 radical (unpaired) electrons. The van der Waals surface area contributed by atoms with Crippen molar-refractivity contribution in [2.45, 2.75) is 37.7 Å². The van der Waals surface area contributed by atoms with Crippen LogP contribution in [0.2, 0.25) is 0 Å². The second kappa shape index (κ2) is 6.73. The molecule has 29 heavy (non-hydrogen) atoms. The summed E-state index contributed by atoms with van der Waals surface area (Å²) in [7, 11) is 0. The van der Waals surface area contributed by atoms with Crippen LogP contribution in [-0.2, 0) is 12.8 Å². The highest BCUT2D eigenvalue weighted by Crippen LogP contribution is 2.38. The quantitative estimate of drug-likeness (QED) is 0.670. The molecule has 0 spiro atoms. The van der Waals surface area contributed by atoms with Crippen LogP contribution in [-0.4, -0.2) is 42.4 Å². The Morgan fingerprint density at radius 3 is 2.83 bits per heavy atom. The number of likely N-dealkylation sites (tertiary alicyclic amines) is 1. The molecule has 4 heterocycles. The first-order valence-corrected chi connectivity index (χ1v) is 10.5. The smallest absolute Gasteiger partial charge is 0.170 e.